The smallest absolute Gasteiger partial charge is 0.199 e. The van der Waals surface area contributed by atoms with E-state index >= 15 is 0 Å². The molecule has 152 valence electrons. The molecule has 4 heteroatoms. The molecule has 2 atom stereocenters. The summed E-state index contributed by atoms with van der Waals surface area (Å²) in [4.78, 5) is 10.0. The molecular formula is C25H30N2O2. The van der Waals surface area contributed by atoms with E-state index < -0.39 is 16.6 Å². The minimum absolute atomic E-state index is 0.0575. The second kappa shape index (κ2) is 6.72. The van der Waals surface area contributed by atoms with Crippen molar-refractivity contribution in [3.8, 4) is 0 Å². The van der Waals surface area contributed by atoms with Crippen molar-refractivity contribution in [2.75, 3.05) is 0 Å². The Balaban J connectivity index is 1.68. The van der Waals surface area contributed by atoms with Crippen molar-refractivity contribution in [2.24, 2.45) is 15.4 Å². The Morgan fingerprint density at radius 1 is 0.655 bits per heavy atom. The SMILES string of the molecule is CC(C)(C1=N[C@@H](c2ccccc2)C(C)(C)O1)C1=N[C@@H](c2ccccc2)C(C)(C)O1. The van der Waals surface area contributed by atoms with Gasteiger partial charge in [0.25, 0.3) is 0 Å². The fourth-order valence-corrected chi connectivity index (χ4v) is 4.10. The van der Waals surface area contributed by atoms with Crippen LogP contribution in [0.15, 0.2) is 70.6 Å². The van der Waals surface area contributed by atoms with Crippen LogP contribution in [-0.4, -0.2) is 23.0 Å². The van der Waals surface area contributed by atoms with Crippen molar-refractivity contribution in [3.05, 3.63) is 71.8 Å². The largest absolute Gasteiger partial charge is 0.472 e. The first-order valence-electron chi connectivity index (χ1n) is 10.3. The van der Waals surface area contributed by atoms with Gasteiger partial charge in [-0.15, -0.1) is 0 Å². The molecule has 2 aliphatic heterocycles. The van der Waals surface area contributed by atoms with Crippen LogP contribution in [0.1, 0.15) is 64.8 Å². The standard InChI is InChI=1S/C25H30N2O2/c1-23(2,21-26-19(24(3,4)28-21)17-13-9-7-10-14-17)22-27-20(25(5,6)29-22)18-15-11-8-12-16-18/h7-16,19-20H,1-6H3/t19-,20-/m0/s1. The molecule has 0 amide bonds. The lowest BCUT2D eigenvalue weighted by Gasteiger charge is -2.30. The van der Waals surface area contributed by atoms with Crippen LogP contribution >= 0.6 is 0 Å². The van der Waals surface area contributed by atoms with E-state index in [9.17, 15) is 0 Å². The van der Waals surface area contributed by atoms with Crippen LogP contribution in [0, 0.1) is 5.41 Å². The van der Waals surface area contributed by atoms with Gasteiger partial charge in [0, 0.05) is 0 Å². The lowest BCUT2D eigenvalue weighted by atomic mass is 9.93. The lowest BCUT2D eigenvalue weighted by Crippen LogP contribution is -2.39. The molecule has 29 heavy (non-hydrogen) atoms. The monoisotopic (exact) mass is 390 g/mol. The van der Waals surface area contributed by atoms with Crippen molar-refractivity contribution in [2.45, 2.75) is 64.8 Å². The molecule has 0 aromatic heterocycles. The maximum absolute atomic E-state index is 6.39. The highest BCUT2D eigenvalue weighted by atomic mass is 16.5. The molecule has 0 radical (unpaired) electrons. The Bertz CT molecular complexity index is 866. The maximum atomic E-state index is 6.39. The number of nitrogens with zero attached hydrogens (tertiary/aromatic N) is 2. The molecule has 0 bridgehead atoms. The van der Waals surface area contributed by atoms with E-state index in [1.54, 1.807) is 0 Å². The quantitative estimate of drug-likeness (QED) is 0.651. The average Bonchev–Trinajstić information content (AvgIpc) is 3.19. The van der Waals surface area contributed by atoms with Gasteiger partial charge in [-0.3, -0.25) is 0 Å². The van der Waals surface area contributed by atoms with E-state index in [0.29, 0.717) is 11.8 Å². The first kappa shape index (κ1) is 19.7. The van der Waals surface area contributed by atoms with Gasteiger partial charge in [0.15, 0.2) is 11.8 Å². The Hall–Kier alpha value is -2.62. The van der Waals surface area contributed by atoms with Gasteiger partial charge in [0.05, 0.1) is 0 Å². The molecule has 2 aromatic rings. The van der Waals surface area contributed by atoms with Gasteiger partial charge in [-0.05, 0) is 52.7 Å². The first-order chi connectivity index (χ1) is 13.6. The van der Waals surface area contributed by atoms with Gasteiger partial charge in [-0.1, -0.05) is 60.7 Å². The van der Waals surface area contributed by atoms with Crippen LogP contribution in [-0.2, 0) is 9.47 Å². The van der Waals surface area contributed by atoms with E-state index in [2.05, 4.69) is 65.8 Å². The normalized spacial score (nSPS) is 25.0. The third-order valence-corrected chi connectivity index (χ3v) is 5.83. The summed E-state index contributed by atoms with van der Waals surface area (Å²) in [5.74, 6) is 1.36. The van der Waals surface area contributed by atoms with Gasteiger partial charge in [0.1, 0.15) is 28.7 Å². The van der Waals surface area contributed by atoms with E-state index in [1.807, 2.05) is 36.4 Å². The second-order valence-corrected chi connectivity index (χ2v) is 9.53. The number of benzene rings is 2. The third-order valence-electron chi connectivity index (χ3n) is 5.83. The van der Waals surface area contributed by atoms with Gasteiger partial charge >= 0.3 is 0 Å². The van der Waals surface area contributed by atoms with Gasteiger partial charge in [-0.2, -0.15) is 0 Å². The predicted molar refractivity (Wildman–Crippen MR) is 117 cm³/mol. The van der Waals surface area contributed by atoms with Crippen LogP contribution in [0.5, 0.6) is 0 Å². The van der Waals surface area contributed by atoms with Crippen LogP contribution < -0.4 is 0 Å². The number of hydrogen-bond donors (Lipinski definition) is 0. The number of hydrogen-bond acceptors (Lipinski definition) is 4. The van der Waals surface area contributed by atoms with Crippen LogP contribution in [0.4, 0.5) is 0 Å². The van der Waals surface area contributed by atoms with Crippen molar-refractivity contribution in [1.29, 1.82) is 0 Å². The second-order valence-electron chi connectivity index (χ2n) is 9.53. The highest BCUT2D eigenvalue weighted by Crippen LogP contribution is 2.46. The molecule has 0 aliphatic carbocycles. The summed E-state index contributed by atoms with van der Waals surface area (Å²) >= 11 is 0. The summed E-state index contributed by atoms with van der Waals surface area (Å²) in [6.07, 6.45) is 0. The number of rotatable bonds is 4. The fraction of sp³-hybridized carbons (Fsp3) is 0.440. The zero-order chi connectivity index (χ0) is 20.9. The van der Waals surface area contributed by atoms with E-state index in [1.165, 1.54) is 0 Å². The molecule has 0 saturated carbocycles. The van der Waals surface area contributed by atoms with Crippen molar-refractivity contribution in [3.63, 3.8) is 0 Å². The minimum Gasteiger partial charge on any atom is -0.472 e. The molecule has 2 aromatic carbocycles. The molecule has 0 spiro atoms. The molecule has 4 nitrogen and oxygen atoms in total. The third kappa shape index (κ3) is 3.45. The first-order valence-corrected chi connectivity index (χ1v) is 10.3. The summed E-state index contributed by atoms with van der Waals surface area (Å²) in [7, 11) is 0. The van der Waals surface area contributed by atoms with Gasteiger partial charge in [0.2, 0.25) is 0 Å². The van der Waals surface area contributed by atoms with Gasteiger partial charge < -0.3 is 9.47 Å². The highest BCUT2D eigenvalue weighted by Gasteiger charge is 2.51. The minimum atomic E-state index is -0.554. The Morgan fingerprint density at radius 2 is 1.00 bits per heavy atom. The van der Waals surface area contributed by atoms with E-state index in [-0.39, 0.29) is 12.1 Å². The predicted octanol–water partition coefficient (Wildman–Crippen LogP) is 5.91. The van der Waals surface area contributed by atoms with Crippen molar-refractivity contribution < 1.29 is 9.47 Å². The molecule has 0 fully saturated rings. The van der Waals surface area contributed by atoms with Crippen LogP contribution in [0.2, 0.25) is 0 Å². The summed E-state index contributed by atoms with van der Waals surface area (Å²) in [5.41, 5.74) is 0.894. The lowest BCUT2D eigenvalue weighted by molar-refractivity contribution is 0.0734. The molecule has 0 saturated heterocycles. The summed E-state index contributed by atoms with van der Waals surface area (Å²) in [6.45, 7) is 12.5. The molecule has 4 rings (SSSR count). The Labute approximate surface area is 173 Å². The number of ether oxygens (including phenoxy) is 2. The van der Waals surface area contributed by atoms with Crippen molar-refractivity contribution >= 4 is 11.8 Å². The Morgan fingerprint density at radius 3 is 1.34 bits per heavy atom. The summed E-state index contributed by atoms with van der Waals surface area (Å²) in [5, 5.41) is 0. The van der Waals surface area contributed by atoms with Crippen LogP contribution in [0.3, 0.4) is 0 Å². The van der Waals surface area contributed by atoms with E-state index in [0.717, 1.165) is 11.1 Å². The van der Waals surface area contributed by atoms with Gasteiger partial charge in [-0.25, -0.2) is 9.98 Å². The Kier molecular flexibility index (Phi) is 4.56. The highest BCUT2D eigenvalue weighted by molar-refractivity contribution is 6.06. The summed E-state index contributed by atoms with van der Waals surface area (Å²) < 4.78 is 12.8. The summed E-state index contributed by atoms with van der Waals surface area (Å²) in [6, 6.07) is 20.5. The number of aliphatic imine (C=N–C) groups is 2. The van der Waals surface area contributed by atoms with Crippen LogP contribution in [0.25, 0.3) is 0 Å². The molecule has 0 N–H and O–H groups in total. The van der Waals surface area contributed by atoms with E-state index in [4.69, 9.17) is 19.5 Å². The zero-order valence-electron chi connectivity index (χ0n) is 18.1. The fourth-order valence-electron chi connectivity index (χ4n) is 4.10. The molecule has 0 unspecified atom stereocenters. The molecule has 2 heterocycles. The zero-order valence-corrected chi connectivity index (χ0v) is 18.1. The molecule has 2 aliphatic rings. The maximum Gasteiger partial charge on any atom is 0.199 e. The molecular weight excluding hydrogens is 360 g/mol. The topological polar surface area (TPSA) is 43.2 Å². The van der Waals surface area contributed by atoms with Crippen molar-refractivity contribution in [1.82, 2.24) is 0 Å². The average molecular weight is 391 g/mol.